The number of benzene rings is 1. The van der Waals surface area contributed by atoms with Crippen molar-refractivity contribution in [3.8, 4) is 11.4 Å². The highest BCUT2D eigenvalue weighted by Gasteiger charge is 2.49. The number of carbonyl (C=O) groups is 1. The molecule has 0 radical (unpaired) electrons. The number of amides is 1. The van der Waals surface area contributed by atoms with Crippen LogP contribution >= 0.6 is 0 Å². The predicted molar refractivity (Wildman–Crippen MR) is 84.4 cm³/mol. The van der Waals surface area contributed by atoms with Crippen molar-refractivity contribution in [1.29, 1.82) is 0 Å². The second-order valence-corrected chi connectivity index (χ2v) is 6.71. The van der Waals surface area contributed by atoms with E-state index in [1.54, 1.807) is 12.1 Å². The van der Waals surface area contributed by atoms with Crippen molar-refractivity contribution in [2.24, 2.45) is 5.73 Å². The molecule has 1 aliphatic heterocycles. The first-order valence-corrected chi connectivity index (χ1v) is 8.23. The summed E-state index contributed by atoms with van der Waals surface area (Å²) in [6.07, 6.45) is 3.32. The third-order valence-corrected chi connectivity index (χ3v) is 4.82. The first-order valence-electron chi connectivity index (χ1n) is 8.23. The highest BCUT2D eigenvalue weighted by atomic mass is 19.1. The number of piperidine rings is 1. The van der Waals surface area contributed by atoms with E-state index < -0.39 is 5.54 Å². The quantitative estimate of drug-likeness (QED) is 0.931. The van der Waals surface area contributed by atoms with Gasteiger partial charge in [-0.2, -0.15) is 4.98 Å². The van der Waals surface area contributed by atoms with Crippen LogP contribution in [0.2, 0.25) is 0 Å². The van der Waals surface area contributed by atoms with Gasteiger partial charge in [0.25, 0.3) is 0 Å². The maximum Gasteiger partial charge on any atom is 0.242 e. The van der Waals surface area contributed by atoms with Gasteiger partial charge in [-0.15, -0.1) is 0 Å². The van der Waals surface area contributed by atoms with Crippen molar-refractivity contribution < 1.29 is 13.7 Å². The fourth-order valence-corrected chi connectivity index (χ4v) is 3.14. The lowest BCUT2D eigenvalue weighted by Crippen LogP contribution is -2.49. The number of likely N-dealkylation sites (tertiary alicyclic amines) is 1. The van der Waals surface area contributed by atoms with Crippen LogP contribution in [0.4, 0.5) is 4.39 Å². The Morgan fingerprint density at radius 1 is 1.33 bits per heavy atom. The van der Waals surface area contributed by atoms with Crippen molar-refractivity contribution >= 4 is 5.91 Å². The van der Waals surface area contributed by atoms with E-state index in [0.717, 1.165) is 32.2 Å². The molecule has 1 saturated heterocycles. The topological polar surface area (TPSA) is 85.3 Å². The number of halogens is 1. The van der Waals surface area contributed by atoms with Gasteiger partial charge < -0.3 is 15.2 Å². The van der Waals surface area contributed by atoms with E-state index in [-0.39, 0.29) is 17.6 Å². The number of hydrogen-bond acceptors (Lipinski definition) is 5. The van der Waals surface area contributed by atoms with Gasteiger partial charge in [-0.25, -0.2) is 4.39 Å². The molecule has 1 aliphatic carbocycles. The molecule has 1 unspecified atom stereocenters. The van der Waals surface area contributed by atoms with Gasteiger partial charge in [-0.05, 0) is 49.9 Å². The Bertz CT molecular complexity index is 754. The molecule has 2 fully saturated rings. The zero-order chi connectivity index (χ0) is 16.7. The Morgan fingerprint density at radius 2 is 2.08 bits per heavy atom. The zero-order valence-corrected chi connectivity index (χ0v) is 13.2. The van der Waals surface area contributed by atoms with Crippen LogP contribution in [0.5, 0.6) is 0 Å². The van der Waals surface area contributed by atoms with Crippen LogP contribution < -0.4 is 5.73 Å². The summed E-state index contributed by atoms with van der Waals surface area (Å²) in [5.41, 5.74) is 6.08. The third kappa shape index (κ3) is 2.80. The third-order valence-electron chi connectivity index (χ3n) is 4.82. The molecule has 1 atom stereocenters. The van der Waals surface area contributed by atoms with E-state index in [1.165, 1.54) is 12.1 Å². The molecular weight excluding hydrogens is 311 g/mol. The van der Waals surface area contributed by atoms with Crippen LogP contribution in [0, 0.1) is 5.82 Å². The summed E-state index contributed by atoms with van der Waals surface area (Å²) in [5, 5.41) is 3.99. The molecule has 2 aliphatic rings. The Balaban J connectivity index is 1.49. The van der Waals surface area contributed by atoms with Gasteiger partial charge in [0.2, 0.25) is 17.6 Å². The molecule has 0 spiro atoms. The lowest BCUT2D eigenvalue weighted by molar-refractivity contribution is -0.134. The minimum atomic E-state index is -0.643. The van der Waals surface area contributed by atoms with Crippen LogP contribution in [0.1, 0.15) is 37.5 Å². The number of rotatable bonds is 3. The van der Waals surface area contributed by atoms with Gasteiger partial charge >= 0.3 is 0 Å². The summed E-state index contributed by atoms with van der Waals surface area (Å²) in [4.78, 5) is 18.7. The summed E-state index contributed by atoms with van der Waals surface area (Å²) in [6, 6.07) is 5.96. The van der Waals surface area contributed by atoms with Gasteiger partial charge in [-0.3, -0.25) is 4.79 Å². The van der Waals surface area contributed by atoms with Crippen molar-refractivity contribution in [2.75, 3.05) is 13.1 Å². The van der Waals surface area contributed by atoms with Crippen molar-refractivity contribution in [1.82, 2.24) is 15.0 Å². The number of carbonyl (C=O) groups excluding carboxylic acids is 1. The molecule has 2 N–H and O–H groups in total. The molecule has 1 aromatic heterocycles. The maximum atomic E-state index is 13.0. The Kier molecular flexibility index (Phi) is 3.60. The second kappa shape index (κ2) is 5.66. The molecule has 24 heavy (non-hydrogen) atoms. The monoisotopic (exact) mass is 330 g/mol. The Labute approximate surface area is 138 Å². The number of nitrogens with two attached hydrogens (primary N) is 1. The summed E-state index contributed by atoms with van der Waals surface area (Å²) >= 11 is 0. The molecule has 1 aromatic carbocycles. The summed E-state index contributed by atoms with van der Waals surface area (Å²) in [6.45, 7) is 1.29. The van der Waals surface area contributed by atoms with Crippen LogP contribution in [-0.4, -0.2) is 39.6 Å². The lowest BCUT2D eigenvalue weighted by Gasteiger charge is -2.32. The standard InChI is InChI=1S/C17H19FN4O2/c18-13-5-3-11(4-6-13)14-20-15(24-21-14)12-2-1-9-22(10-12)16(23)17(19)7-8-17/h3-6,12H,1-2,7-10,19H2. The largest absolute Gasteiger partial charge is 0.340 e. The molecule has 1 amide bonds. The Morgan fingerprint density at radius 3 is 2.79 bits per heavy atom. The molecule has 2 heterocycles. The fourth-order valence-electron chi connectivity index (χ4n) is 3.14. The average molecular weight is 330 g/mol. The normalized spacial score (nSPS) is 22.4. The van der Waals surface area contributed by atoms with Crippen molar-refractivity contribution in [3.63, 3.8) is 0 Å². The smallest absolute Gasteiger partial charge is 0.242 e. The van der Waals surface area contributed by atoms with E-state index in [2.05, 4.69) is 10.1 Å². The molecule has 7 heteroatoms. The molecule has 4 rings (SSSR count). The van der Waals surface area contributed by atoms with Gasteiger partial charge in [0.15, 0.2) is 0 Å². The van der Waals surface area contributed by atoms with Gasteiger partial charge in [0.1, 0.15) is 5.82 Å². The number of aromatic nitrogens is 2. The molecular formula is C17H19FN4O2. The Hall–Kier alpha value is -2.28. The van der Waals surface area contributed by atoms with E-state index in [1.807, 2.05) is 4.90 Å². The van der Waals surface area contributed by atoms with E-state index in [4.69, 9.17) is 10.3 Å². The van der Waals surface area contributed by atoms with E-state index in [0.29, 0.717) is 23.8 Å². The van der Waals surface area contributed by atoms with Crippen molar-refractivity contribution in [3.05, 3.63) is 36.0 Å². The highest BCUT2D eigenvalue weighted by molar-refractivity contribution is 5.89. The first kappa shape index (κ1) is 15.3. The predicted octanol–water partition coefficient (Wildman–Crippen LogP) is 2.07. The number of nitrogens with zero attached hydrogens (tertiary/aromatic N) is 3. The van der Waals surface area contributed by atoms with Crippen LogP contribution in [-0.2, 0) is 4.79 Å². The first-order chi connectivity index (χ1) is 11.5. The van der Waals surface area contributed by atoms with Gasteiger partial charge in [-0.1, -0.05) is 5.16 Å². The molecule has 2 aromatic rings. The maximum absolute atomic E-state index is 13.0. The van der Waals surface area contributed by atoms with E-state index >= 15 is 0 Å². The van der Waals surface area contributed by atoms with Crippen LogP contribution in [0.15, 0.2) is 28.8 Å². The minimum Gasteiger partial charge on any atom is -0.340 e. The molecule has 6 nitrogen and oxygen atoms in total. The SMILES string of the molecule is NC1(C(=O)N2CCCC(c3nc(-c4ccc(F)cc4)no3)C2)CC1. The van der Waals surface area contributed by atoms with Crippen LogP contribution in [0.3, 0.4) is 0 Å². The van der Waals surface area contributed by atoms with Crippen LogP contribution in [0.25, 0.3) is 11.4 Å². The molecule has 0 bridgehead atoms. The minimum absolute atomic E-state index is 0.0201. The zero-order valence-electron chi connectivity index (χ0n) is 13.2. The van der Waals surface area contributed by atoms with E-state index in [9.17, 15) is 9.18 Å². The lowest BCUT2D eigenvalue weighted by atomic mass is 9.97. The average Bonchev–Trinajstić information content (AvgIpc) is 3.17. The number of hydrogen-bond donors (Lipinski definition) is 1. The molecule has 1 saturated carbocycles. The molecule has 126 valence electrons. The summed E-state index contributed by atoms with van der Waals surface area (Å²) in [7, 11) is 0. The van der Waals surface area contributed by atoms with Gasteiger partial charge in [0.05, 0.1) is 11.5 Å². The highest BCUT2D eigenvalue weighted by Crippen LogP contribution is 2.36. The summed E-state index contributed by atoms with van der Waals surface area (Å²) < 4.78 is 18.4. The van der Waals surface area contributed by atoms with Crippen molar-refractivity contribution in [2.45, 2.75) is 37.1 Å². The van der Waals surface area contributed by atoms with Gasteiger partial charge in [0, 0.05) is 18.7 Å². The summed E-state index contributed by atoms with van der Waals surface area (Å²) in [5.74, 6) is 0.705. The fraction of sp³-hybridized carbons (Fsp3) is 0.471. The second-order valence-electron chi connectivity index (χ2n) is 6.71.